The molecule has 7 nitrogen and oxygen atoms in total. The Morgan fingerprint density at radius 3 is 1.57 bits per heavy atom. The largest absolute Gasteiger partial charge is 0.308 e. The molecule has 1 aliphatic rings. The summed E-state index contributed by atoms with van der Waals surface area (Å²) in [5.41, 5.74) is 17.7. The predicted octanol–water partition coefficient (Wildman–Crippen LogP) is 14.2. The lowest BCUT2D eigenvalue weighted by atomic mass is 9.93. The summed E-state index contributed by atoms with van der Waals surface area (Å²) >= 11 is 0. The van der Waals surface area contributed by atoms with Gasteiger partial charge in [-0.3, -0.25) is 13.5 Å². The van der Waals surface area contributed by atoms with Gasteiger partial charge in [0, 0.05) is 38.9 Å². The Labute approximate surface area is 383 Å². The zero-order valence-corrected chi connectivity index (χ0v) is 36.0. The number of rotatable bonds is 5. The van der Waals surface area contributed by atoms with E-state index in [1.54, 1.807) is 0 Å². The highest BCUT2D eigenvalue weighted by Crippen LogP contribution is 2.48. The third-order valence-corrected chi connectivity index (χ3v) is 14.1. The molecule has 15 rings (SSSR count). The quantitative estimate of drug-likeness (QED) is 0.173. The molecule has 0 atom stereocenters. The summed E-state index contributed by atoms with van der Waals surface area (Å²) in [7, 11) is 0. The van der Waals surface area contributed by atoms with Crippen molar-refractivity contribution in [2.75, 3.05) is 0 Å². The summed E-state index contributed by atoms with van der Waals surface area (Å²) in [6.07, 6.45) is 0. The summed E-state index contributed by atoms with van der Waals surface area (Å²) < 4.78 is 9.29. The van der Waals surface area contributed by atoms with E-state index in [0.717, 1.165) is 89.1 Å². The molecule has 0 aliphatic heterocycles. The maximum Gasteiger partial charge on any atom is 0.220 e. The first-order chi connectivity index (χ1) is 33.3. The maximum absolute atomic E-state index is 5.66. The summed E-state index contributed by atoms with van der Waals surface area (Å²) in [6, 6.07) is 78.2. The third kappa shape index (κ3) is 5.08. The van der Waals surface area contributed by atoms with Gasteiger partial charge in [0.1, 0.15) is 5.82 Å². The minimum atomic E-state index is -0.0799. The van der Waals surface area contributed by atoms with Crippen molar-refractivity contribution in [1.82, 2.24) is 33.1 Å². The molecule has 0 amide bonds. The summed E-state index contributed by atoms with van der Waals surface area (Å²) in [5, 5.41) is 4.69. The molecule has 0 unspecified atom stereocenters. The highest BCUT2D eigenvalue weighted by molar-refractivity contribution is 6.11. The molecule has 5 aromatic heterocycles. The second kappa shape index (κ2) is 13.7. The van der Waals surface area contributed by atoms with E-state index in [-0.39, 0.29) is 5.92 Å². The van der Waals surface area contributed by atoms with Crippen molar-refractivity contribution in [2.45, 2.75) is 5.92 Å². The van der Waals surface area contributed by atoms with Crippen molar-refractivity contribution in [1.29, 1.82) is 0 Å². The van der Waals surface area contributed by atoms with Crippen LogP contribution in [-0.4, -0.2) is 33.1 Å². The van der Waals surface area contributed by atoms with Crippen molar-refractivity contribution >= 4 is 71.5 Å². The molecular formula is C60H37N7. The van der Waals surface area contributed by atoms with Gasteiger partial charge < -0.3 is 4.57 Å². The summed E-state index contributed by atoms with van der Waals surface area (Å²) in [4.78, 5) is 16.5. The van der Waals surface area contributed by atoms with Crippen LogP contribution in [0.4, 0.5) is 0 Å². The average molecular weight is 856 g/mol. The third-order valence-electron chi connectivity index (χ3n) is 14.1. The van der Waals surface area contributed by atoms with Gasteiger partial charge >= 0.3 is 0 Å². The molecule has 0 fully saturated rings. The van der Waals surface area contributed by atoms with Gasteiger partial charge in [0.15, 0.2) is 5.82 Å². The highest BCUT2D eigenvalue weighted by atomic mass is 15.2. The molecule has 14 aromatic rings. The lowest BCUT2D eigenvalue weighted by Crippen LogP contribution is -2.09. The molecule has 7 heteroatoms. The molecule has 0 spiro atoms. The average Bonchev–Trinajstić information content (AvgIpc) is 4.18. The minimum absolute atomic E-state index is 0.0799. The molecule has 5 heterocycles. The topological polar surface area (TPSA) is 57.9 Å². The van der Waals surface area contributed by atoms with Crippen molar-refractivity contribution in [3.63, 3.8) is 0 Å². The highest BCUT2D eigenvalue weighted by Gasteiger charge is 2.32. The molecule has 1 aliphatic carbocycles. The van der Waals surface area contributed by atoms with Crippen LogP contribution < -0.4 is 0 Å². The van der Waals surface area contributed by atoms with Crippen LogP contribution in [-0.2, 0) is 0 Å². The van der Waals surface area contributed by atoms with E-state index in [1.165, 1.54) is 33.0 Å². The number of fused-ring (bicyclic) bond motifs is 14. The second-order valence-electron chi connectivity index (χ2n) is 17.6. The van der Waals surface area contributed by atoms with Crippen LogP contribution >= 0.6 is 0 Å². The summed E-state index contributed by atoms with van der Waals surface area (Å²) in [6.45, 7) is 0. The number of imidazole rings is 2. The van der Waals surface area contributed by atoms with Gasteiger partial charge in [-0.05, 0) is 95.1 Å². The van der Waals surface area contributed by atoms with Crippen molar-refractivity contribution in [3.05, 3.63) is 235 Å². The Morgan fingerprint density at radius 1 is 0.343 bits per heavy atom. The Hall–Kier alpha value is -9.07. The molecular weight excluding hydrogens is 819 g/mol. The SMILES string of the molecule is c1ccc2c(c1)-c1ccccc1C2c1cc(-n2c3ccccc3c3ccccc32)nc(-c2ccccc2-n2c3ccccc3c3cc(-n4c5ccccc5n5c6ccccc6nc45)ccc32)n1. The minimum Gasteiger partial charge on any atom is -0.308 e. The number of aromatic nitrogens is 7. The predicted molar refractivity (Wildman–Crippen MR) is 272 cm³/mol. The molecule has 0 N–H and O–H groups in total. The number of hydrogen-bond acceptors (Lipinski definition) is 3. The van der Waals surface area contributed by atoms with Gasteiger partial charge in [-0.25, -0.2) is 15.0 Å². The first-order valence-corrected chi connectivity index (χ1v) is 22.8. The van der Waals surface area contributed by atoms with E-state index in [2.05, 4.69) is 236 Å². The maximum atomic E-state index is 5.66. The summed E-state index contributed by atoms with van der Waals surface area (Å²) in [5.74, 6) is 2.31. The van der Waals surface area contributed by atoms with Crippen LogP contribution in [0.5, 0.6) is 0 Å². The van der Waals surface area contributed by atoms with E-state index >= 15 is 0 Å². The number of para-hydroxylation sites is 8. The molecule has 0 bridgehead atoms. The van der Waals surface area contributed by atoms with Gasteiger partial charge in [-0.15, -0.1) is 0 Å². The van der Waals surface area contributed by atoms with Crippen LogP contribution in [0.3, 0.4) is 0 Å². The monoisotopic (exact) mass is 855 g/mol. The van der Waals surface area contributed by atoms with Crippen LogP contribution in [0.25, 0.3) is 111 Å². The molecule has 9 aromatic carbocycles. The fraction of sp³-hybridized carbons (Fsp3) is 0.0167. The van der Waals surface area contributed by atoms with Crippen LogP contribution in [0.15, 0.2) is 218 Å². The molecule has 67 heavy (non-hydrogen) atoms. The van der Waals surface area contributed by atoms with Gasteiger partial charge in [-0.1, -0.05) is 140 Å². The fourth-order valence-electron chi connectivity index (χ4n) is 11.3. The Balaban J connectivity index is 0.982. The lowest BCUT2D eigenvalue weighted by molar-refractivity contribution is 0.912. The van der Waals surface area contributed by atoms with E-state index < -0.39 is 0 Å². The van der Waals surface area contributed by atoms with Crippen molar-refractivity contribution in [2.24, 2.45) is 0 Å². The Kier molecular flexibility index (Phi) is 7.43. The van der Waals surface area contributed by atoms with Gasteiger partial charge in [0.05, 0.1) is 61.4 Å². The lowest BCUT2D eigenvalue weighted by Gasteiger charge is -2.19. The Morgan fingerprint density at radius 2 is 0.866 bits per heavy atom. The Bertz CT molecular complexity index is 4270. The molecule has 0 saturated carbocycles. The zero-order chi connectivity index (χ0) is 43.7. The van der Waals surface area contributed by atoms with Crippen molar-refractivity contribution < 1.29 is 0 Å². The van der Waals surface area contributed by atoms with E-state index in [1.807, 2.05) is 0 Å². The van der Waals surface area contributed by atoms with Crippen LogP contribution in [0.2, 0.25) is 0 Å². The number of hydrogen-bond donors (Lipinski definition) is 0. The van der Waals surface area contributed by atoms with E-state index in [9.17, 15) is 0 Å². The molecule has 0 saturated heterocycles. The van der Waals surface area contributed by atoms with Crippen LogP contribution in [0, 0.1) is 0 Å². The van der Waals surface area contributed by atoms with E-state index in [4.69, 9.17) is 15.0 Å². The van der Waals surface area contributed by atoms with Crippen molar-refractivity contribution in [3.8, 4) is 39.7 Å². The second-order valence-corrected chi connectivity index (χ2v) is 17.6. The van der Waals surface area contributed by atoms with Gasteiger partial charge in [-0.2, -0.15) is 0 Å². The van der Waals surface area contributed by atoms with Crippen LogP contribution in [0.1, 0.15) is 22.7 Å². The smallest absolute Gasteiger partial charge is 0.220 e. The van der Waals surface area contributed by atoms with Gasteiger partial charge in [0.2, 0.25) is 5.78 Å². The number of benzene rings is 9. The first-order valence-electron chi connectivity index (χ1n) is 22.8. The fourth-order valence-corrected chi connectivity index (χ4v) is 11.3. The zero-order valence-electron chi connectivity index (χ0n) is 36.0. The number of nitrogens with zero attached hydrogens (tertiary/aromatic N) is 7. The molecule has 312 valence electrons. The normalized spacial score (nSPS) is 12.7. The molecule has 0 radical (unpaired) electrons. The van der Waals surface area contributed by atoms with E-state index in [0.29, 0.717) is 5.82 Å². The standard InChI is InChI=1S/C60H37N7/c1-3-22-43-38(17-1)39-18-2-4-23-44(39)58(43)48-36-57(66-50-27-11-5-19-40(50)41-20-6-12-28-51(41)66)63-59(61-48)45-24-8-13-29-52(45)65-49-26-10-7-21-42(49)46-35-37(33-34-53(46)65)64-55-31-15-16-32-56(55)67-54-30-14-9-25-47(54)62-60(64)67/h1-36,58H. The first kappa shape index (κ1) is 36.3. The van der Waals surface area contributed by atoms with Gasteiger partial charge in [0.25, 0.3) is 0 Å².